The molecule has 0 radical (unpaired) electrons. The largest absolute Gasteiger partial charge is 0.388 e. The van der Waals surface area contributed by atoms with E-state index in [1.165, 1.54) is 19.3 Å². The molecule has 0 aliphatic heterocycles. The number of aliphatic hydroxyl groups is 1. The van der Waals surface area contributed by atoms with Gasteiger partial charge in [-0.1, -0.05) is 67.6 Å². The van der Waals surface area contributed by atoms with Crippen molar-refractivity contribution in [3.05, 3.63) is 34.3 Å². The third-order valence-corrected chi connectivity index (χ3v) is 3.88. The third-order valence-electron chi connectivity index (χ3n) is 3.35. The summed E-state index contributed by atoms with van der Waals surface area (Å²) in [6, 6.07) is 7.99. The average Bonchev–Trinajstić information content (AvgIpc) is 2.35. The van der Waals surface area contributed by atoms with Crippen molar-refractivity contribution in [1.82, 2.24) is 0 Å². The number of halogens is 1. The van der Waals surface area contributed by atoms with Crippen molar-refractivity contribution in [3.63, 3.8) is 0 Å². The minimum Gasteiger partial charge on any atom is -0.388 e. The summed E-state index contributed by atoms with van der Waals surface area (Å²) in [7, 11) is 0. The highest BCUT2D eigenvalue weighted by Crippen LogP contribution is 2.27. The van der Waals surface area contributed by atoms with Gasteiger partial charge in [0.2, 0.25) is 0 Å². The predicted molar refractivity (Wildman–Crippen MR) is 77.0 cm³/mol. The van der Waals surface area contributed by atoms with Crippen molar-refractivity contribution in [2.24, 2.45) is 5.92 Å². The second-order valence-electron chi connectivity index (χ2n) is 4.72. The van der Waals surface area contributed by atoms with Gasteiger partial charge in [0.15, 0.2) is 0 Å². The molecule has 0 heterocycles. The lowest BCUT2D eigenvalue weighted by Gasteiger charge is -2.19. The smallest absolute Gasteiger partial charge is 0.0792 e. The molecule has 0 unspecified atom stereocenters. The van der Waals surface area contributed by atoms with Crippen LogP contribution in [0.25, 0.3) is 0 Å². The van der Waals surface area contributed by atoms with Crippen molar-refractivity contribution >= 4 is 15.9 Å². The molecule has 2 atom stereocenters. The molecule has 0 saturated carbocycles. The molecule has 0 fully saturated rings. The molecule has 0 amide bonds. The van der Waals surface area contributed by atoms with Crippen molar-refractivity contribution in [3.8, 4) is 0 Å². The molecular formula is C15H23BrO. The Labute approximate surface area is 113 Å². The van der Waals surface area contributed by atoms with Crippen LogP contribution in [-0.4, -0.2) is 5.11 Å². The van der Waals surface area contributed by atoms with E-state index in [2.05, 4.69) is 29.8 Å². The fraction of sp³-hybridized carbons (Fsp3) is 0.600. The van der Waals surface area contributed by atoms with E-state index in [9.17, 15) is 5.11 Å². The Morgan fingerprint density at radius 1 is 1.18 bits per heavy atom. The molecule has 0 bridgehead atoms. The summed E-state index contributed by atoms with van der Waals surface area (Å²) in [5, 5.41) is 10.2. The molecule has 0 aliphatic carbocycles. The molecular weight excluding hydrogens is 276 g/mol. The first-order valence-electron chi connectivity index (χ1n) is 6.60. The summed E-state index contributed by atoms with van der Waals surface area (Å²) < 4.78 is 1.06. The normalized spacial score (nSPS) is 14.6. The first-order chi connectivity index (χ1) is 8.17. The van der Waals surface area contributed by atoms with Gasteiger partial charge in [0.05, 0.1) is 6.10 Å². The average molecular weight is 299 g/mol. The lowest BCUT2D eigenvalue weighted by Crippen LogP contribution is -2.07. The van der Waals surface area contributed by atoms with Gasteiger partial charge in [0.25, 0.3) is 0 Å². The zero-order valence-corrected chi connectivity index (χ0v) is 12.4. The molecule has 1 aromatic carbocycles. The Morgan fingerprint density at radius 3 is 2.35 bits per heavy atom. The lowest BCUT2D eigenvalue weighted by molar-refractivity contribution is 0.139. The molecule has 0 aromatic heterocycles. The Bertz CT molecular complexity index is 307. The van der Waals surface area contributed by atoms with Gasteiger partial charge in [-0.15, -0.1) is 0 Å². The van der Waals surface area contributed by atoms with Gasteiger partial charge in [0.1, 0.15) is 0 Å². The summed E-state index contributed by atoms with van der Waals surface area (Å²) in [4.78, 5) is 0. The van der Waals surface area contributed by atoms with Gasteiger partial charge in [-0.2, -0.15) is 0 Å². The number of hydrogen-bond acceptors (Lipinski definition) is 1. The van der Waals surface area contributed by atoms with Crippen molar-refractivity contribution in [2.45, 2.75) is 52.1 Å². The zero-order valence-electron chi connectivity index (χ0n) is 10.8. The van der Waals surface area contributed by atoms with Gasteiger partial charge < -0.3 is 5.11 Å². The zero-order chi connectivity index (χ0) is 12.7. The Hall–Kier alpha value is -0.340. The molecule has 17 heavy (non-hydrogen) atoms. The van der Waals surface area contributed by atoms with Crippen LogP contribution in [0.5, 0.6) is 0 Å². The molecule has 96 valence electrons. The van der Waals surface area contributed by atoms with Crippen LogP contribution in [0.4, 0.5) is 0 Å². The monoisotopic (exact) mass is 298 g/mol. The van der Waals surface area contributed by atoms with Crippen LogP contribution in [0.15, 0.2) is 28.7 Å². The maximum absolute atomic E-state index is 10.2. The molecule has 1 aromatic rings. The maximum atomic E-state index is 10.2. The maximum Gasteiger partial charge on any atom is 0.0792 e. The predicted octanol–water partition coefficient (Wildman–Crippen LogP) is 5.09. The van der Waals surface area contributed by atoms with E-state index < -0.39 is 0 Å². The molecule has 1 nitrogen and oxygen atoms in total. The van der Waals surface area contributed by atoms with Crippen LogP contribution < -0.4 is 0 Å². The minimum atomic E-state index is -0.315. The van der Waals surface area contributed by atoms with Crippen molar-refractivity contribution < 1.29 is 5.11 Å². The van der Waals surface area contributed by atoms with Crippen molar-refractivity contribution in [2.75, 3.05) is 0 Å². The van der Waals surface area contributed by atoms with E-state index in [-0.39, 0.29) is 6.10 Å². The van der Waals surface area contributed by atoms with Crippen LogP contribution >= 0.6 is 15.9 Å². The summed E-state index contributed by atoms with van der Waals surface area (Å²) in [5.74, 6) is 0.647. The number of rotatable bonds is 7. The van der Waals surface area contributed by atoms with E-state index in [4.69, 9.17) is 0 Å². The van der Waals surface area contributed by atoms with Crippen LogP contribution in [0.1, 0.15) is 57.6 Å². The second kappa shape index (κ2) is 7.88. The van der Waals surface area contributed by atoms with E-state index in [1.54, 1.807) is 0 Å². The van der Waals surface area contributed by atoms with E-state index in [0.29, 0.717) is 5.92 Å². The summed E-state index contributed by atoms with van der Waals surface area (Å²) in [6.07, 6.45) is 5.48. The van der Waals surface area contributed by atoms with Crippen LogP contribution in [-0.2, 0) is 0 Å². The number of hydrogen-bond donors (Lipinski definition) is 1. The van der Waals surface area contributed by atoms with Gasteiger partial charge in [0, 0.05) is 4.47 Å². The van der Waals surface area contributed by atoms with Gasteiger partial charge in [-0.05, 0) is 30.0 Å². The molecule has 0 spiro atoms. The highest BCUT2D eigenvalue weighted by Gasteiger charge is 2.14. The van der Waals surface area contributed by atoms with Gasteiger partial charge in [-0.3, -0.25) is 0 Å². The van der Waals surface area contributed by atoms with Crippen LogP contribution in [0.2, 0.25) is 0 Å². The third kappa shape index (κ3) is 5.22. The minimum absolute atomic E-state index is 0.315. The Morgan fingerprint density at radius 2 is 1.82 bits per heavy atom. The summed E-state index contributed by atoms with van der Waals surface area (Å²) >= 11 is 3.41. The molecule has 1 N–H and O–H groups in total. The van der Waals surface area contributed by atoms with E-state index >= 15 is 0 Å². The second-order valence-corrected chi connectivity index (χ2v) is 5.64. The molecule has 0 aliphatic rings. The first-order valence-corrected chi connectivity index (χ1v) is 7.40. The Kier molecular flexibility index (Phi) is 6.83. The highest BCUT2D eigenvalue weighted by atomic mass is 79.9. The number of aliphatic hydroxyl groups excluding tert-OH is 1. The van der Waals surface area contributed by atoms with Gasteiger partial charge in [-0.25, -0.2) is 0 Å². The SMILES string of the molecule is CCCC[C@H](CC)C[C@@H](O)c1ccc(Br)cc1. The summed E-state index contributed by atoms with van der Waals surface area (Å²) in [5.41, 5.74) is 1.03. The van der Waals surface area contributed by atoms with Crippen molar-refractivity contribution in [1.29, 1.82) is 0 Å². The standard InChI is InChI=1S/C15H23BrO/c1-3-5-6-12(4-2)11-15(17)13-7-9-14(16)10-8-13/h7-10,12,15,17H,3-6,11H2,1-2H3/t12-,15+/m0/s1. The molecule has 2 heteroatoms. The van der Waals surface area contributed by atoms with Gasteiger partial charge >= 0.3 is 0 Å². The first kappa shape index (κ1) is 14.7. The lowest BCUT2D eigenvalue weighted by atomic mass is 9.91. The number of benzene rings is 1. The highest BCUT2D eigenvalue weighted by molar-refractivity contribution is 9.10. The molecule has 0 saturated heterocycles. The fourth-order valence-electron chi connectivity index (χ4n) is 2.12. The van der Waals surface area contributed by atoms with E-state index in [1.807, 2.05) is 24.3 Å². The topological polar surface area (TPSA) is 20.2 Å². The quantitative estimate of drug-likeness (QED) is 0.743. The fourth-order valence-corrected chi connectivity index (χ4v) is 2.38. The van der Waals surface area contributed by atoms with Crippen LogP contribution in [0, 0.1) is 5.92 Å². The molecule has 1 rings (SSSR count). The van der Waals surface area contributed by atoms with Crippen LogP contribution in [0.3, 0.4) is 0 Å². The Balaban J connectivity index is 2.51. The summed E-state index contributed by atoms with van der Waals surface area (Å²) in [6.45, 7) is 4.44. The number of unbranched alkanes of at least 4 members (excludes halogenated alkanes) is 1. The van der Waals surface area contributed by atoms with E-state index in [0.717, 1.165) is 22.9 Å².